The van der Waals surface area contributed by atoms with Crippen LogP contribution in [0.3, 0.4) is 0 Å². The van der Waals surface area contributed by atoms with Gasteiger partial charge in [-0.2, -0.15) is 0 Å². The van der Waals surface area contributed by atoms with Crippen LogP contribution in [-0.2, 0) is 5.41 Å². The Morgan fingerprint density at radius 3 is 2.73 bits per heavy atom. The van der Waals surface area contributed by atoms with E-state index in [0.717, 1.165) is 61.8 Å². The van der Waals surface area contributed by atoms with Crippen LogP contribution in [0.1, 0.15) is 82.8 Å². The second-order valence-corrected chi connectivity index (χ2v) is 9.03. The first-order chi connectivity index (χ1) is 12.3. The van der Waals surface area contributed by atoms with E-state index in [0.29, 0.717) is 18.3 Å². The van der Waals surface area contributed by atoms with Gasteiger partial charge in [-0.1, -0.05) is 26.7 Å². The summed E-state index contributed by atoms with van der Waals surface area (Å²) in [6.45, 7) is 6.92. The average Bonchev–Trinajstić information content (AvgIpc) is 2.58. The minimum atomic E-state index is -0.272. The zero-order chi connectivity index (χ0) is 18.9. The van der Waals surface area contributed by atoms with Crippen molar-refractivity contribution in [3.05, 3.63) is 23.3 Å². The molecule has 0 bridgehead atoms. The van der Waals surface area contributed by atoms with Gasteiger partial charge in [0.1, 0.15) is 11.5 Å². The van der Waals surface area contributed by atoms with E-state index in [1.165, 1.54) is 0 Å². The number of unbranched alkanes of at least 4 members (excludes halogenated alkanes) is 1. The van der Waals surface area contributed by atoms with Crippen LogP contribution < -0.4 is 4.74 Å². The van der Waals surface area contributed by atoms with E-state index in [1.807, 2.05) is 13.0 Å². The molecule has 1 heterocycles. The predicted molar refractivity (Wildman–Crippen MR) is 103 cm³/mol. The standard InChI is InChI=1S/C22H34O4/c1-14(23)6-4-5-9-22(2,3)16-10-19(25)21-18-12-17(24)8-7-15(18)13-26-20(21)11-16/h10-11,14-15,17-18,23-25H,4-9,12-13H2,1-3H3/t14?,15-,17?,18-/m1/s1. The molecule has 0 amide bonds. The van der Waals surface area contributed by atoms with Crippen LogP contribution in [-0.4, -0.2) is 34.1 Å². The highest BCUT2D eigenvalue weighted by atomic mass is 16.5. The predicted octanol–water partition coefficient (Wildman–Crippen LogP) is 4.25. The van der Waals surface area contributed by atoms with Crippen molar-refractivity contribution in [2.45, 2.75) is 89.3 Å². The first kappa shape index (κ1) is 19.5. The SMILES string of the molecule is CC(O)CCCCC(C)(C)c1cc(O)c2c(c1)OC[C@H]1CCC(O)C[C@@H]21. The average molecular weight is 363 g/mol. The highest BCUT2D eigenvalue weighted by molar-refractivity contribution is 5.52. The summed E-state index contributed by atoms with van der Waals surface area (Å²) >= 11 is 0. The number of aromatic hydroxyl groups is 1. The molecule has 1 aromatic carbocycles. The van der Waals surface area contributed by atoms with Gasteiger partial charge in [0.2, 0.25) is 0 Å². The minimum Gasteiger partial charge on any atom is -0.508 e. The van der Waals surface area contributed by atoms with Crippen molar-refractivity contribution in [3.8, 4) is 11.5 Å². The lowest BCUT2D eigenvalue weighted by molar-refractivity contribution is 0.0626. The van der Waals surface area contributed by atoms with Crippen LogP contribution >= 0.6 is 0 Å². The molecule has 3 N–H and O–H groups in total. The minimum absolute atomic E-state index is 0.0580. The molecule has 0 radical (unpaired) electrons. The molecule has 146 valence electrons. The molecule has 4 heteroatoms. The molecule has 0 spiro atoms. The van der Waals surface area contributed by atoms with E-state index in [2.05, 4.69) is 19.9 Å². The Bertz CT molecular complexity index is 623. The number of hydrogen-bond donors (Lipinski definition) is 3. The Morgan fingerprint density at radius 1 is 1.23 bits per heavy atom. The van der Waals surface area contributed by atoms with Gasteiger partial charge in [0, 0.05) is 11.5 Å². The Labute approximate surface area is 157 Å². The van der Waals surface area contributed by atoms with Crippen molar-refractivity contribution >= 4 is 0 Å². The van der Waals surface area contributed by atoms with Crippen molar-refractivity contribution in [1.82, 2.24) is 0 Å². The Kier molecular flexibility index (Phi) is 5.83. The van der Waals surface area contributed by atoms with E-state index >= 15 is 0 Å². The van der Waals surface area contributed by atoms with E-state index in [9.17, 15) is 15.3 Å². The number of aliphatic hydroxyl groups is 2. The van der Waals surface area contributed by atoms with Gasteiger partial charge in [-0.25, -0.2) is 0 Å². The van der Waals surface area contributed by atoms with Gasteiger partial charge in [-0.15, -0.1) is 0 Å². The molecule has 1 aromatic rings. The smallest absolute Gasteiger partial charge is 0.126 e. The first-order valence-electron chi connectivity index (χ1n) is 10.1. The second-order valence-electron chi connectivity index (χ2n) is 9.03. The van der Waals surface area contributed by atoms with Gasteiger partial charge < -0.3 is 20.1 Å². The maximum absolute atomic E-state index is 10.8. The van der Waals surface area contributed by atoms with Crippen molar-refractivity contribution in [2.24, 2.45) is 5.92 Å². The molecule has 3 rings (SSSR count). The van der Waals surface area contributed by atoms with E-state index in [1.54, 1.807) is 0 Å². The van der Waals surface area contributed by atoms with Crippen molar-refractivity contribution in [1.29, 1.82) is 0 Å². The summed E-state index contributed by atoms with van der Waals surface area (Å²) in [6, 6.07) is 4.00. The second kappa shape index (κ2) is 7.77. The van der Waals surface area contributed by atoms with Crippen molar-refractivity contribution in [3.63, 3.8) is 0 Å². The Balaban J connectivity index is 1.78. The summed E-state index contributed by atoms with van der Waals surface area (Å²) in [5.74, 6) is 1.72. The summed E-state index contributed by atoms with van der Waals surface area (Å²) in [4.78, 5) is 0. The number of phenolic OH excluding ortho intramolecular Hbond substituents is 1. The molecule has 1 aliphatic carbocycles. The number of benzene rings is 1. The van der Waals surface area contributed by atoms with Gasteiger partial charge >= 0.3 is 0 Å². The summed E-state index contributed by atoms with van der Waals surface area (Å²) < 4.78 is 6.03. The van der Waals surface area contributed by atoms with Crippen molar-refractivity contribution < 1.29 is 20.1 Å². The third-order valence-corrected chi connectivity index (χ3v) is 6.36. The number of hydrogen-bond acceptors (Lipinski definition) is 4. The molecule has 2 aliphatic rings. The summed E-state index contributed by atoms with van der Waals surface area (Å²) in [6.07, 6.45) is 5.90. The third kappa shape index (κ3) is 4.17. The lowest BCUT2D eigenvalue weighted by Gasteiger charge is -2.39. The third-order valence-electron chi connectivity index (χ3n) is 6.36. The van der Waals surface area contributed by atoms with Gasteiger partial charge in [0.15, 0.2) is 0 Å². The monoisotopic (exact) mass is 362 g/mol. The Hall–Kier alpha value is -1.26. The molecule has 2 unspecified atom stereocenters. The molecule has 1 saturated carbocycles. The highest BCUT2D eigenvalue weighted by Gasteiger charge is 2.38. The fraction of sp³-hybridized carbons (Fsp3) is 0.727. The van der Waals surface area contributed by atoms with Gasteiger partial charge in [-0.05, 0) is 68.1 Å². The molecule has 0 aromatic heterocycles. The number of rotatable bonds is 6. The molecular weight excluding hydrogens is 328 g/mol. The van der Waals surface area contributed by atoms with Crippen LogP contribution in [0.15, 0.2) is 12.1 Å². The van der Waals surface area contributed by atoms with Gasteiger partial charge in [-0.3, -0.25) is 0 Å². The van der Waals surface area contributed by atoms with Crippen LogP contribution in [0.5, 0.6) is 11.5 Å². The van der Waals surface area contributed by atoms with Crippen LogP contribution in [0.25, 0.3) is 0 Å². The summed E-state index contributed by atoms with van der Waals surface area (Å²) in [7, 11) is 0. The fourth-order valence-corrected chi connectivity index (χ4v) is 4.61. The largest absolute Gasteiger partial charge is 0.508 e. The van der Waals surface area contributed by atoms with Gasteiger partial charge in [0.05, 0.1) is 18.8 Å². The molecular formula is C22H34O4. The lowest BCUT2D eigenvalue weighted by Crippen LogP contribution is -2.34. The summed E-state index contributed by atoms with van der Waals surface area (Å²) in [5, 5.41) is 30.3. The van der Waals surface area contributed by atoms with Crippen LogP contribution in [0, 0.1) is 5.92 Å². The highest BCUT2D eigenvalue weighted by Crippen LogP contribution is 2.50. The maximum atomic E-state index is 10.8. The normalized spacial score (nSPS) is 26.6. The summed E-state index contributed by atoms with van der Waals surface area (Å²) in [5.41, 5.74) is 1.94. The molecule has 4 nitrogen and oxygen atoms in total. The van der Waals surface area contributed by atoms with E-state index < -0.39 is 0 Å². The molecule has 26 heavy (non-hydrogen) atoms. The van der Waals surface area contributed by atoms with Crippen LogP contribution in [0.4, 0.5) is 0 Å². The number of aliphatic hydroxyl groups excluding tert-OH is 2. The number of fused-ring (bicyclic) bond motifs is 3. The first-order valence-corrected chi connectivity index (χ1v) is 10.1. The topological polar surface area (TPSA) is 69.9 Å². The zero-order valence-corrected chi connectivity index (χ0v) is 16.4. The fourth-order valence-electron chi connectivity index (χ4n) is 4.61. The Morgan fingerprint density at radius 2 is 2.00 bits per heavy atom. The quantitative estimate of drug-likeness (QED) is 0.662. The van der Waals surface area contributed by atoms with E-state index in [4.69, 9.17) is 4.74 Å². The van der Waals surface area contributed by atoms with Crippen LogP contribution in [0.2, 0.25) is 0 Å². The van der Waals surface area contributed by atoms with Crippen molar-refractivity contribution in [2.75, 3.05) is 6.61 Å². The number of phenols is 1. The molecule has 1 aliphatic heterocycles. The van der Waals surface area contributed by atoms with Gasteiger partial charge in [0.25, 0.3) is 0 Å². The molecule has 0 saturated heterocycles. The lowest BCUT2D eigenvalue weighted by atomic mass is 9.71. The molecule has 1 fully saturated rings. The molecule has 4 atom stereocenters. The maximum Gasteiger partial charge on any atom is 0.126 e. The van der Waals surface area contributed by atoms with E-state index in [-0.39, 0.29) is 23.5 Å². The zero-order valence-electron chi connectivity index (χ0n) is 16.4. The number of ether oxygens (including phenoxy) is 1.